The lowest BCUT2D eigenvalue weighted by molar-refractivity contribution is -0.299. The Morgan fingerprint density at radius 2 is 1.56 bits per heavy atom. The van der Waals surface area contributed by atoms with Crippen LogP contribution in [0.25, 0.3) is 0 Å². The zero-order valence-corrected chi connectivity index (χ0v) is 21.2. The van der Waals surface area contributed by atoms with E-state index in [1.165, 1.54) is 32.1 Å². The molecule has 6 fully saturated rings. The molecule has 2 saturated heterocycles. The largest absolute Gasteiger partial charge is 0.393 e. The molecule has 1 spiro atoms. The number of hydrogen-bond donors (Lipinski definition) is 2. The monoisotopic (exact) mass is 446 g/mol. The van der Waals surface area contributed by atoms with Crippen molar-refractivity contribution in [2.75, 3.05) is 0 Å². The molecule has 0 bridgehead atoms. The van der Waals surface area contributed by atoms with Crippen LogP contribution in [0.5, 0.6) is 0 Å². The standard InChI is InChI=1S/C28H46O4/c1-16-15-28(32-24(16,2)3)27(6,30)23-22(31-28)14-21-19-8-7-17-13-18(29)9-11-25(17,4)20(19)10-12-26(21,23)5/h16-23,29-30H,7-15H2,1-6H3/t16-,17-,18+,19+,20-,21-,22-,23?,25-,26-,27+,28-/m0/s1. The molecule has 6 rings (SSSR count). The van der Waals surface area contributed by atoms with Crippen LogP contribution in [-0.2, 0) is 9.47 Å². The molecule has 0 aromatic heterocycles. The quantitative estimate of drug-likeness (QED) is 0.530. The Morgan fingerprint density at radius 3 is 2.25 bits per heavy atom. The van der Waals surface area contributed by atoms with Crippen molar-refractivity contribution in [2.45, 2.75) is 129 Å². The lowest BCUT2D eigenvalue weighted by Crippen LogP contribution is -2.59. The van der Waals surface area contributed by atoms with Crippen LogP contribution in [-0.4, -0.2) is 39.4 Å². The van der Waals surface area contributed by atoms with E-state index in [4.69, 9.17) is 9.47 Å². The molecule has 0 aromatic rings. The van der Waals surface area contributed by atoms with Gasteiger partial charge in [-0.05, 0) is 113 Å². The third-order valence-electron chi connectivity index (χ3n) is 12.6. The summed E-state index contributed by atoms with van der Waals surface area (Å²) < 4.78 is 13.4. The van der Waals surface area contributed by atoms with E-state index in [2.05, 4.69) is 34.6 Å². The van der Waals surface area contributed by atoms with Crippen LogP contribution in [0.2, 0.25) is 0 Å². The Balaban J connectivity index is 1.30. The molecular weight excluding hydrogens is 400 g/mol. The van der Waals surface area contributed by atoms with Gasteiger partial charge in [-0.1, -0.05) is 20.8 Å². The first kappa shape index (κ1) is 22.3. The van der Waals surface area contributed by atoms with Gasteiger partial charge < -0.3 is 19.7 Å². The molecule has 4 aliphatic carbocycles. The van der Waals surface area contributed by atoms with Crippen molar-refractivity contribution in [1.29, 1.82) is 0 Å². The summed E-state index contributed by atoms with van der Waals surface area (Å²) in [5.74, 6) is 2.51. The number of hydrogen-bond acceptors (Lipinski definition) is 4. The van der Waals surface area contributed by atoms with Crippen molar-refractivity contribution in [3.8, 4) is 0 Å². The maximum atomic E-state index is 12.2. The maximum absolute atomic E-state index is 12.2. The predicted octanol–water partition coefficient (Wildman–Crippen LogP) is 5.30. The average molecular weight is 447 g/mol. The molecule has 32 heavy (non-hydrogen) atoms. The Hall–Kier alpha value is -0.160. The molecule has 4 saturated carbocycles. The second-order valence-corrected chi connectivity index (χ2v) is 14.2. The second kappa shape index (κ2) is 6.53. The SMILES string of the molecule is C[C@H]1C[C@]2(O[C@H]3C[C@H]4[C@@H]5CC[C@H]6C[C@H](O)CC[C@]6(C)[C@H]5CC[C@]4(C)C3[C@@]2(C)O)OC1(C)C. The van der Waals surface area contributed by atoms with Gasteiger partial charge in [-0.3, -0.25) is 0 Å². The molecule has 0 radical (unpaired) electrons. The fourth-order valence-electron chi connectivity index (χ4n) is 10.5. The van der Waals surface area contributed by atoms with E-state index in [0.717, 1.165) is 37.5 Å². The van der Waals surface area contributed by atoms with Gasteiger partial charge in [0.1, 0.15) is 5.60 Å². The molecule has 0 amide bonds. The van der Waals surface area contributed by atoms with E-state index in [9.17, 15) is 10.2 Å². The summed E-state index contributed by atoms with van der Waals surface area (Å²) in [6, 6.07) is 0. The normalized spacial score (nSPS) is 63.0. The topological polar surface area (TPSA) is 58.9 Å². The Morgan fingerprint density at radius 1 is 0.844 bits per heavy atom. The number of aliphatic hydroxyl groups excluding tert-OH is 1. The van der Waals surface area contributed by atoms with Crippen LogP contribution in [0, 0.1) is 46.3 Å². The van der Waals surface area contributed by atoms with E-state index in [1.807, 2.05) is 6.92 Å². The summed E-state index contributed by atoms with van der Waals surface area (Å²) in [6.45, 7) is 13.6. The summed E-state index contributed by atoms with van der Waals surface area (Å²) in [5.41, 5.74) is -0.708. The smallest absolute Gasteiger partial charge is 0.198 e. The van der Waals surface area contributed by atoms with Gasteiger partial charge in [-0.15, -0.1) is 0 Å². The average Bonchev–Trinajstić information content (AvgIpc) is 3.20. The highest BCUT2D eigenvalue weighted by atomic mass is 16.7. The van der Waals surface area contributed by atoms with Gasteiger partial charge in [0.2, 0.25) is 0 Å². The number of ether oxygens (including phenoxy) is 2. The summed E-state index contributed by atoms with van der Waals surface area (Å²) >= 11 is 0. The molecule has 182 valence electrons. The molecule has 2 heterocycles. The van der Waals surface area contributed by atoms with Gasteiger partial charge >= 0.3 is 0 Å². The highest BCUT2D eigenvalue weighted by molar-refractivity contribution is 5.21. The van der Waals surface area contributed by atoms with Gasteiger partial charge in [0.25, 0.3) is 0 Å². The summed E-state index contributed by atoms with van der Waals surface area (Å²) in [7, 11) is 0. The van der Waals surface area contributed by atoms with Crippen LogP contribution in [0.15, 0.2) is 0 Å². The van der Waals surface area contributed by atoms with Crippen molar-refractivity contribution in [3.05, 3.63) is 0 Å². The molecule has 2 N–H and O–H groups in total. The Labute approximate surface area is 194 Å². The first-order chi connectivity index (χ1) is 14.8. The molecule has 2 aliphatic heterocycles. The third-order valence-corrected chi connectivity index (χ3v) is 12.6. The van der Waals surface area contributed by atoms with Gasteiger partial charge in [-0.2, -0.15) is 0 Å². The first-order valence-electron chi connectivity index (χ1n) is 13.6. The summed E-state index contributed by atoms with van der Waals surface area (Å²) in [5, 5.41) is 22.5. The summed E-state index contributed by atoms with van der Waals surface area (Å²) in [4.78, 5) is 0. The number of aliphatic hydroxyl groups is 2. The van der Waals surface area contributed by atoms with Gasteiger partial charge in [0, 0.05) is 12.3 Å². The highest BCUT2D eigenvalue weighted by Gasteiger charge is 2.76. The molecule has 12 atom stereocenters. The lowest BCUT2D eigenvalue weighted by Gasteiger charge is -2.61. The fourth-order valence-corrected chi connectivity index (χ4v) is 10.5. The number of fused-ring (bicyclic) bond motifs is 7. The van der Waals surface area contributed by atoms with Gasteiger partial charge in [0.05, 0.1) is 17.8 Å². The van der Waals surface area contributed by atoms with Crippen molar-refractivity contribution < 1.29 is 19.7 Å². The van der Waals surface area contributed by atoms with Crippen molar-refractivity contribution in [2.24, 2.45) is 46.3 Å². The molecule has 4 nitrogen and oxygen atoms in total. The van der Waals surface area contributed by atoms with E-state index >= 15 is 0 Å². The van der Waals surface area contributed by atoms with E-state index in [-0.39, 0.29) is 29.1 Å². The molecule has 4 heteroatoms. The fraction of sp³-hybridized carbons (Fsp3) is 1.00. The Kier molecular flexibility index (Phi) is 4.55. The van der Waals surface area contributed by atoms with Gasteiger partial charge in [0.15, 0.2) is 5.79 Å². The molecule has 6 aliphatic rings. The second-order valence-electron chi connectivity index (χ2n) is 14.2. The Bertz CT molecular complexity index is 792. The minimum atomic E-state index is -0.952. The van der Waals surface area contributed by atoms with Crippen molar-refractivity contribution in [1.82, 2.24) is 0 Å². The minimum Gasteiger partial charge on any atom is -0.393 e. The van der Waals surface area contributed by atoms with Crippen LogP contribution < -0.4 is 0 Å². The van der Waals surface area contributed by atoms with Crippen LogP contribution >= 0.6 is 0 Å². The van der Waals surface area contributed by atoms with Crippen molar-refractivity contribution in [3.63, 3.8) is 0 Å². The van der Waals surface area contributed by atoms with E-state index < -0.39 is 11.4 Å². The van der Waals surface area contributed by atoms with E-state index in [1.54, 1.807) is 0 Å². The highest BCUT2D eigenvalue weighted by Crippen LogP contribution is 2.72. The predicted molar refractivity (Wildman–Crippen MR) is 124 cm³/mol. The van der Waals surface area contributed by atoms with Crippen molar-refractivity contribution >= 4 is 0 Å². The zero-order chi connectivity index (χ0) is 22.9. The van der Waals surface area contributed by atoms with Gasteiger partial charge in [-0.25, -0.2) is 0 Å². The van der Waals surface area contributed by atoms with Crippen LogP contribution in [0.4, 0.5) is 0 Å². The molecular formula is C28H46O4. The molecule has 0 aromatic carbocycles. The first-order valence-corrected chi connectivity index (χ1v) is 13.6. The maximum Gasteiger partial charge on any atom is 0.198 e. The third kappa shape index (κ3) is 2.59. The lowest BCUT2D eigenvalue weighted by atomic mass is 9.44. The summed E-state index contributed by atoms with van der Waals surface area (Å²) in [6.07, 6.45) is 10.1. The number of rotatable bonds is 0. The van der Waals surface area contributed by atoms with Crippen LogP contribution in [0.1, 0.15) is 99.3 Å². The molecule has 1 unspecified atom stereocenters. The van der Waals surface area contributed by atoms with Crippen LogP contribution in [0.3, 0.4) is 0 Å². The zero-order valence-electron chi connectivity index (χ0n) is 21.2. The van der Waals surface area contributed by atoms with E-state index in [0.29, 0.717) is 23.2 Å². The minimum absolute atomic E-state index is 0.0814.